The van der Waals surface area contributed by atoms with E-state index in [0.29, 0.717) is 0 Å². The summed E-state index contributed by atoms with van der Waals surface area (Å²) in [4.78, 5) is 23.3. The Hall–Kier alpha value is -2.29. The molecule has 0 bridgehead atoms. The Morgan fingerprint density at radius 3 is 1.43 bits per heavy atom. The average Bonchev–Trinajstić information content (AvgIpc) is 2.77. The predicted molar refractivity (Wildman–Crippen MR) is 97.3 cm³/mol. The average molecular weight is 634 g/mol. The van der Waals surface area contributed by atoms with Gasteiger partial charge in [-0.15, -0.1) is 0 Å². The van der Waals surface area contributed by atoms with Gasteiger partial charge in [-0.3, -0.25) is 9.59 Å². The fourth-order valence-electron chi connectivity index (χ4n) is 2.69. The fourth-order valence-corrected chi connectivity index (χ4v) is 2.69. The van der Waals surface area contributed by atoms with Crippen molar-refractivity contribution in [1.29, 1.82) is 0 Å². The molecule has 0 rings (SSSR count). The Bertz CT molecular complexity index is 889. The maximum Gasteiger partial charge on any atom is 0.460 e. The molecule has 0 heterocycles. The standard InChI is InChI=1S/C18H19F17N2O3/c1-37(8-4-10(39)40)7-2-6-36-9(38)3-5-11(19,20)12(21,22)13(23,24)14(25,26)15(27,28)16(29,30)17(31,32)18(33,34)35/h2-8H2,1H3,(H,36,38)(H,39,40). The Balaban J connectivity index is 5.67. The maximum atomic E-state index is 13.8. The number of hydrogen-bond acceptors (Lipinski definition) is 3. The number of carbonyl (C=O) groups is 2. The molecule has 0 unspecified atom stereocenters. The molecule has 0 aliphatic carbocycles. The van der Waals surface area contributed by atoms with Crippen molar-refractivity contribution in [2.24, 2.45) is 0 Å². The molecule has 0 aromatic heterocycles. The second-order valence-electron chi connectivity index (χ2n) is 8.30. The summed E-state index contributed by atoms with van der Waals surface area (Å²) < 4.78 is 224. The van der Waals surface area contributed by atoms with Crippen LogP contribution in [0.15, 0.2) is 0 Å². The first kappa shape index (κ1) is 37.7. The number of rotatable bonds is 16. The Labute approximate surface area is 212 Å². The van der Waals surface area contributed by atoms with Crippen LogP contribution in [0.1, 0.15) is 25.7 Å². The highest BCUT2D eigenvalue weighted by Crippen LogP contribution is 2.64. The number of alkyl halides is 17. The predicted octanol–water partition coefficient (Wildman–Crippen LogP) is 5.69. The van der Waals surface area contributed by atoms with E-state index >= 15 is 0 Å². The summed E-state index contributed by atoms with van der Waals surface area (Å²) >= 11 is 0. The summed E-state index contributed by atoms with van der Waals surface area (Å²) in [5.74, 6) is -59.8. The zero-order valence-corrected chi connectivity index (χ0v) is 19.6. The molecule has 0 radical (unpaired) electrons. The van der Waals surface area contributed by atoms with E-state index in [4.69, 9.17) is 5.11 Å². The SMILES string of the molecule is CN(CCCNC(=O)CCC(F)(F)C(F)(F)C(F)(F)C(F)(F)C(F)(F)C(F)(F)C(F)(F)C(F)(F)F)CCC(=O)O. The summed E-state index contributed by atoms with van der Waals surface area (Å²) in [5, 5.41) is 10.3. The van der Waals surface area contributed by atoms with Gasteiger partial charge < -0.3 is 15.3 Å². The van der Waals surface area contributed by atoms with Gasteiger partial charge in [0.1, 0.15) is 0 Å². The highest BCUT2D eigenvalue weighted by Gasteiger charge is 2.95. The number of nitrogens with zero attached hydrogens (tertiary/aromatic N) is 1. The lowest BCUT2D eigenvalue weighted by Gasteiger charge is -2.42. The van der Waals surface area contributed by atoms with Crippen LogP contribution in [0.25, 0.3) is 0 Å². The highest BCUT2D eigenvalue weighted by molar-refractivity contribution is 5.75. The topological polar surface area (TPSA) is 69.6 Å². The molecule has 0 spiro atoms. The van der Waals surface area contributed by atoms with Gasteiger partial charge in [0, 0.05) is 25.9 Å². The summed E-state index contributed by atoms with van der Waals surface area (Å²) in [5.41, 5.74) is 0. The van der Waals surface area contributed by atoms with Crippen LogP contribution < -0.4 is 5.32 Å². The highest BCUT2D eigenvalue weighted by atomic mass is 19.4. The van der Waals surface area contributed by atoms with Crippen molar-refractivity contribution in [3.63, 3.8) is 0 Å². The zero-order chi connectivity index (χ0) is 32.4. The van der Waals surface area contributed by atoms with Crippen molar-refractivity contribution in [2.45, 2.75) is 73.3 Å². The third kappa shape index (κ3) is 6.94. The third-order valence-corrected chi connectivity index (χ3v) is 5.20. The molecule has 40 heavy (non-hydrogen) atoms. The van der Waals surface area contributed by atoms with Crippen LogP contribution in [0.5, 0.6) is 0 Å². The van der Waals surface area contributed by atoms with Crippen LogP contribution in [-0.2, 0) is 9.59 Å². The van der Waals surface area contributed by atoms with E-state index in [1.54, 1.807) is 5.32 Å². The van der Waals surface area contributed by atoms with Crippen LogP contribution in [0.3, 0.4) is 0 Å². The molecule has 2 N–H and O–H groups in total. The molecule has 0 atom stereocenters. The van der Waals surface area contributed by atoms with Crippen molar-refractivity contribution in [3.8, 4) is 0 Å². The van der Waals surface area contributed by atoms with Gasteiger partial charge in [-0.2, -0.15) is 74.6 Å². The molecule has 0 aliphatic heterocycles. The Kier molecular flexibility index (Phi) is 11.2. The van der Waals surface area contributed by atoms with E-state index in [2.05, 4.69) is 0 Å². The third-order valence-electron chi connectivity index (χ3n) is 5.20. The minimum Gasteiger partial charge on any atom is -0.481 e. The van der Waals surface area contributed by atoms with Crippen LogP contribution in [0, 0.1) is 0 Å². The van der Waals surface area contributed by atoms with Crippen molar-refractivity contribution in [1.82, 2.24) is 10.2 Å². The Morgan fingerprint density at radius 2 is 1.02 bits per heavy atom. The molecule has 5 nitrogen and oxygen atoms in total. The number of carboxylic acids is 1. The maximum absolute atomic E-state index is 13.8. The van der Waals surface area contributed by atoms with Crippen molar-refractivity contribution < 1.29 is 89.3 Å². The molecular weight excluding hydrogens is 615 g/mol. The quantitative estimate of drug-likeness (QED) is 0.169. The molecule has 0 aliphatic rings. The lowest BCUT2D eigenvalue weighted by molar-refractivity contribution is -0.461. The molecular formula is C18H19F17N2O3. The van der Waals surface area contributed by atoms with Crippen molar-refractivity contribution in [3.05, 3.63) is 0 Å². The van der Waals surface area contributed by atoms with Gasteiger partial charge in [0.05, 0.1) is 6.42 Å². The number of carbonyl (C=O) groups excluding carboxylic acids is 1. The number of hydrogen-bond donors (Lipinski definition) is 2. The molecule has 22 heteroatoms. The normalized spacial score (nSPS) is 15.0. The lowest BCUT2D eigenvalue weighted by Crippen LogP contribution is -2.74. The van der Waals surface area contributed by atoms with E-state index in [-0.39, 0.29) is 25.9 Å². The minimum absolute atomic E-state index is 0.0161. The van der Waals surface area contributed by atoms with Gasteiger partial charge in [0.2, 0.25) is 5.91 Å². The minimum atomic E-state index is -8.70. The fraction of sp³-hybridized carbons (Fsp3) is 0.889. The molecule has 0 aromatic carbocycles. The summed E-state index contributed by atoms with van der Waals surface area (Å²) in [7, 11) is 1.41. The lowest BCUT2D eigenvalue weighted by atomic mass is 9.88. The Morgan fingerprint density at radius 1 is 0.625 bits per heavy atom. The molecule has 0 saturated carbocycles. The largest absolute Gasteiger partial charge is 0.481 e. The van der Waals surface area contributed by atoms with Crippen LogP contribution in [-0.4, -0.2) is 96.2 Å². The first-order valence-electron chi connectivity index (χ1n) is 10.3. The van der Waals surface area contributed by atoms with Gasteiger partial charge in [-0.1, -0.05) is 0 Å². The van der Waals surface area contributed by atoms with E-state index in [0.717, 1.165) is 0 Å². The summed E-state index contributed by atoms with van der Waals surface area (Å²) in [6, 6.07) is 0. The first-order chi connectivity index (χ1) is 17.5. The summed E-state index contributed by atoms with van der Waals surface area (Å²) in [6.07, 6.45) is -12.9. The number of carboxylic acid groups (broad SMARTS) is 1. The van der Waals surface area contributed by atoms with E-state index in [9.17, 15) is 84.2 Å². The molecule has 1 amide bonds. The zero-order valence-electron chi connectivity index (χ0n) is 19.6. The number of halogens is 17. The van der Waals surface area contributed by atoms with Crippen molar-refractivity contribution >= 4 is 11.9 Å². The smallest absolute Gasteiger partial charge is 0.460 e. The monoisotopic (exact) mass is 634 g/mol. The second kappa shape index (κ2) is 11.9. The molecule has 0 aromatic rings. The van der Waals surface area contributed by atoms with Gasteiger partial charge in [0.25, 0.3) is 0 Å². The number of amides is 1. The number of nitrogens with one attached hydrogen (secondary N) is 1. The second-order valence-corrected chi connectivity index (χ2v) is 8.30. The van der Waals surface area contributed by atoms with Gasteiger partial charge in [0.15, 0.2) is 0 Å². The molecule has 0 saturated heterocycles. The van der Waals surface area contributed by atoms with E-state index in [1.807, 2.05) is 0 Å². The molecule has 238 valence electrons. The number of aliphatic carboxylic acids is 1. The molecule has 0 fully saturated rings. The van der Waals surface area contributed by atoms with Gasteiger partial charge in [-0.05, 0) is 20.0 Å². The van der Waals surface area contributed by atoms with Crippen LogP contribution in [0.2, 0.25) is 0 Å². The first-order valence-corrected chi connectivity index (χ1v) is 10.3. The van der Waals surface area contributed by atoms with E-state index in [1.165, 1.54) is 11.9 Å². The van der Waals surface area contributed by atoms with Crippen LogP contribution in [0.4, 0.5) is 74.6 Å². The summed E-state index contributed by atoms with van der Waals surface area (Å²) in [6.45, 7) is -0.348. The van der Waals surface area contributed by atoms with Crippen molar-refractivity contribution in [2.75, 3.05) is 26.7 Å². The van der Waals surface area contributed by atoms with Crippen LogP contribution >= 0.6 is 0 Å². The van der Waals surface area contributed by atoms with Gasteiger partial charge in [-0.25, -0.2) is 0 Å². The van der Waals surface area contributed by atoms with Gasteiger partial charge >= 0.3 is 53.6 Å². The van der Waals surface area contributed by atoms with E-state index < -0.39 is 78.9 Å².